The van der Waals surface area contributed by atoms with Crippen molar-refractivity contribution in [2.45, 2.75) is 10.8 Å². The Morgan fingerprint density at radius 1 is 1.20 bits per heavy atom. The molecular weight excluding hydrogens is 264 g/mol. The van der Waals surface area contributed by atoms with Gasteiger partial charge in [-0.1, -0.05) is 18.2 Å². The van der Waals surface area contributed by atoms with E-state index in [0.29, 0.717) is 11.5 Å². The van der Waals surface area contributed by atoms with Crippen LogP contribution < -0.4 is 4.90 Å². The van der Waals surface area contributed by atoms with E-state index in [1.54, 1.807) is 0 Å². The first-order valence-electron chi connectivity index (χ1n) is 6.71. The molecule has 1 atom stereocenters. The van der Waals surface area contributed by atoms with Gasteiger partial charge in [-0.2, -0.15) is 5.26 Å². The molecule has 3 rings (SSSR count). The van der Waals surface area contributed by atoms with Gasteiger partial charge in [0.15, 0.2) is 0 Å². The number of nitriles is 1. The van der Waals surface area contributed by atoms with Crippen LogP contribution in [-0.2, 0) is 0 Å². The highest BCUT2D eigenvalue weighted by Gasteiger charge is 2.23. The van der Waals surface area contributed by atoms with Crippen molar-refractivity contribution in [3.05, 3.63) is 59.7 Å². The largest absolute Gasteiger partial charge is 0.374 e. The Labute approximate surface area is 124 Å². The van der Waals surface area contributed by atoms with E-state index in [1.807, 2.05) is 36.0 Å². The lowest BCUT2D eigenvalue weighted by atomic mass is 10.0. The fourth-order valence-electron chi connectivity index (χ4n) is 2.61. The van der Waals surface area contributed by atoms with E-state index in [1.165, 1.54) is 16.1 Å². The van der Waals surface area contributed by atoms with Gasteiger partial charge in [-0.05, 0) is 35.9 Å². The fraction of sp³-hybridized carbons (Fsp3) is 0.235. The molecule has 1 aliphatic rings. The summed E-state index contributed by atoms with van der Waals surface area (Å²) in [6.45, 7) is 1.01. The van der Waals surface area contributed by atoms with Gasteiger partial charge in [-0.3, -0.25) is 0 Å². The van der Waals surface area contributed by atoms with E-state index in [9.17, 15) is 0 Å². The molecule has 0 spiro atoms. The van der Waals surface area contributed by atoms with Gasteiger partial charge >= 0.3 is 0 Å². The minimum absolute atomic E-state index is 0.580. The van der Waals surface area contributed by atoms with E-state index in [0.717, 1.165) is 12.3 Å². The molecule has 0 N–H and O–H groups in total. The lowest BCUT2D eigenvalue weighted by molar-refractivity contribution is 0.745. The summed E-state index contributed by atoms with van der Waals surface area (Å²) in [6, 6.07) is 18.6. The van der Waals surface area contributed by atoms with Crippen LogP contribution in [0.5, 0.6) is 0 Å². The lowest BCUT2D eigenvalue weighted by Crippen LogP contribution is -2.24. The van der Waals surface area contributed by atoms with Crippen molar-refractivity contribution in [3.8, 4) is 6.07 Å². The molecule has 0 radical (unpaired) electrons. The number of rotatable bonds is 3. The molecule has 2 nitrogen and oxygen atoms in total. The molecule has 0 saturated carbocycles. The molecule has 0 bridgehead atoms. The third-order valence-corrected chi connectivity index (χ3v) is 4.98. The highest BCUT2D eigenvalue weighted by Crippen LogP contribution is 2.39. The minimum Gasteiger partial charge on any atom is -0.374 e. The van der Waals surface area contributed by atoms with Crippen LogP contribution in [0.25, 0.3) is 0 Å². The Hall–Kier alpha value is -1.92. The number of thioether (sulfide) groups is 1. The summed E-state index contributed by atoms with van der Waals surface area (Å²) in [5.41, 5.74) is 3.35. The van der Waals surface area contributed by atoms with Crippen molar-refractivity contribution >= 4 is 17.4 Å². The third kappa shape index (κ3) is 2.52. The number of benzene rings is 2. The van der Waals surface area contributed by atoms with E-state index in [-0.39, 0.29) is 0 Å². The maximum atomic E-state index is 8.84. The Kier molecular flexibility index (Phi) is 3.66. The SMILES string of the molecule is CN(CC1CSc2ccccc21)c1ccc(C#N)cc1. The number of likely N-dealkylation sites (N-methyl/N-ethyl adjacent to an activating group) is 1. The average Bonchev–Trinajstić information content (AvgIpc) is 2.91. The van der Waals surface area contributed by atoms with Gasteiger partial charge in [0, 0.05) is 35.8 Å². The summed E-state index contributed by atoms with van der Waals surface area (Å²) in [7, 11) is 2.12. The smallest absolute Gasteiger partial charge is 0.0991 e. The molecule has 1 aliphatic heterocycles. The second kappa shape index (κ2) is 5.60. The van der Waals surface area contributed by atoms with Crippen LogP contribution in [0.3, 0.4) is 0 Å². The molecule has 0 amide bonds. The highest BCUT2D eigenvalue weighted by molar-refractivity contribution is 7.99. The van der Waals surface area contributed by atoms with Crippen molar-refractivity contribution in [2.75, 3.05) is 24.2 Å². The van der Waals surface area contributed by atoms with Gasteiger partial charge in [0.1, 0.15) is 0 Å². The second-order valence-corrected chi connectivity index (χ2v) is 6.15. The predicted molar refractivity (Wildman–Crippen MR) is 84.3 cm³/mol. The molecule has 3 heteroatoms. The monoisotopic (exact) mass is 280 g/mol. The Morgan fingerprint density at radius 3 is 2.70 bits per heavy atom. The van der Waals surface area contributed by atoms with Crippen molar-refractivity contribution in [1.82, 2.24) is 0 Å². The lowest BCUT2D eigenvalue weighted by Gasteiger charge is -2.23. The Morgan fingerprint density at radius 2 is 1.95 bits per heavy atom. The summed E-state index contributed by atoms with van der Waals surface area (Å²) in [4.78, 5) is 3.69. The summed E-state index contributed by atoms with van der Waals surface area (Å²) < 4.78 is 0. The third-order valence-electron chi connectivity index (χ3n) is 3.73. The maximum absolute atomic E-state index is 8.84. The average molecular weight is 280 g/mol. The normalized spacial score (nSPS) is 16.5. The van der Waals surface area contributed by atoms with E-state index >= 15 is 0 Å². The number of anilines is 1. The summed E-state index contributed by atoms with van der Waals surface area (Å²) in [6.07, 6.45) is 0. The van der Waals surface area contributed by atoms with Crippen LogP contribution in [0.2, 0.25) is 0 Å². The topological polar surface area (TPSA) is 27.0 Å². The van der Waals surface area contributed by atoms with E-state index in [4.69, 9.17) is 5.26 Å². The standard InChI is InChI=1S/C17H16N2S/c1-19(15-8-6-13(10-18)7-9-15)11-14-12-20-17-5-3-2-4-16(14)17/h2-9,14H,11-12H2,1H3. The summed E-state index contributed by atoms with van der Waals surface area (Å²) >= 11 is 1.95. The van der Waals surface area contributed by atoms with Gasteiger partial charge in [0.05, 0.1) is 11.6 Å². The number of fused-ring (bicyclic) bond motifs is 1. The zero-order chi connectivity index (χ0) is 13.9. The van der Waals surface area contributed by atoms with E-state index < -0.39 is 0 Å². The molecule has 20 heavy (non-hydrogen) atoms. The number of nitrogens with zero attached hydrogens (tertiary/aromatic N) is 2. The van der Waals surface area contributed by atoms with Crippen molar-refractivity contribution in [3.63, 3.8) is 0 Å². The Bertz CT molecular complexity index is 643. The van der Waals surface area contributed by atoms with Crippen LogP contribution in [0.4, 0.5) is 5.69 Å². The second-order valence-electron chi connectivity index (χ2n) is 5.08. The Balaban J connectivity index is 1.73. The van der Waals surface area contributed by atoms with Crippen molar-refractivity contribution < 1.29 is 0 Å². The summed E-state index contributed by atoms with van der Waals surface area (Å²) in [5, 5.41) is 8.84. The molecule has 1 unspecified atom stereocenters. The van der Waals surface area contributed by atoms with Crippen molar-refractivity contribution in [1.29, 1.82) is 5.26 Å². The molecule has 1 heterocycles. The quantitative estimate of drug-likeness (QED) is 0.853. The predicted octanol–water partition coefficient (Wildman–Crippen LogP) is 3.88. The molecule has 0 aliphatic carbocycles. The molecule has 0 saturated heterocycles. The van der Waals surface area contributed by atoms with Crippen LogP contribution in [0.15, 0.2) is 53.4 Å². The molecule has 0 aromatic heterocycles. The molecule has 2 aromatic rings. The number of hydrogen-bond donors (Lipinski definition) is 0. The van der Waals surface area contributed by atoms with Gasteiger partial charge in [0.2, 0.25) is 0 Å². The molecule has 100 valence electrons. The molecular formula is C17H16N2S. The van der Waals surface area contributed by atoms with E-state index in [2.05, 4.69) is 42.3 Å². The van der Waals surface area contributed by atoms with Crippen LogP contribution in [0, 0.1) is 11.3 Å². The van der Waals surface area contributed by atoms with Crippen LogP contribution in [0.1, 0.15) is 17.0 Å². The van der Waals surface area contributed by atoms with Gasteiger partial charge in [0.25, 0.3) is 0 Å². The molecule has 2 aromatic carbocycles. The van der Waals surface area contributed by atoms with Gasteiger partial charge in [-0.15, -0.1) is 11.8 Å². The number of hydrogen-bond acceptors (Lipinski definition) is 3. The maximum Gasteiger partial charge on any atom is 0.0991 e. The first kappa shape index (κ1) is 13.1. The van der Waals surface area contributed by atoms with Crippen LogP contribution >= 0.6 is 11.8 Å². The highest BCUT2D eigenvalue weighted by atomic mass is 32.2. The minimum atomic E-state index is 0.580. The first-order valence-corrected chi connectivity index (χ1v) is 7.69. The zero-order valence-electron chi connectivity index (χ0n) is 11.4. The fourth-order valence-corrected chi connectivity index (χ4v) is 3.85. The first-order chi connectivity index (χ1) is 9.78. The van der Waals surface area contributed by atoms with Gasteiger partial charge < -0.3 is 4.90 Å². The molecule has 0 fully saturated rings. The van der Waals surface area contributed by atoms with Crippen molar-refractivity contribution in [2.24, 2.45) is 0 Å². The van der Waals surface area contributed by atoms with Crippen LogP contribution in [-0.4, -0.2) is 19.3 Å². The van der Waals surface area contributed by atoms with Gasteiger partial charge in [-0.25, -0.2) is 0 Å². The summed E-state index contributed by atoms with van der Waals surface area (Å²) in [5.74, 6) is 1.73. The zero-order valence-corrected chi connectivity index (χ0v) is 12.2.